The summed E-state index contributed by atoms with van der Waals surface area (Å²) in [7, 11) is -1.03. The van der Waals surface area contributed by atoms with E-state index in [1.54, 1.807) is 70.2 Å². The number of amides is 7. The van der Waals surface area contributed by atoms with Crippen molar-refractivity contribution in [2.24, 2.45) is 5.92 Å². The van der Waals surface area contributed by atoms with Crippen molar-refractivity contribution in [1.29, 1.82) is 0 Å². The molecule has 1 saturated carbocycles. The third kappa shape index (κ3) is 13.8. The molecule has 1 aliphatic carbocycles. The van der Waals surface area contributed by atoms with E-state index >= 15 is 0 Å². The SMILES string of the molecule is CCCC(NC(=O)C1CC(NS(=O)(=O)c2ccc(CC)cc2)CN1C(=O)[C@@H](NC(=O)NC(C)(C)C)C1CCCCC1)C(=O)C(=O)NCC(=O)NC(C(=O)N(C)C)c1ccccc1. The Morgan fingerprint density at radius 2 is 1.50 bits per heavy atom. The lowest BCUT2D eigenvalue weighted by atomic mass is 9.83. The summed E-state index contributed by atoms with van der Waals surface area (Å²) in [5, 5.41) is 13.2. The molecular weight excluding hydrogens is 817 g/mol. The minimum absolute atomic E-state index is 0.00858. The highest BCUT2D eigenvalue weighted by molar-refractivity contribution is 7.89. The number of rotatable bonds is 18. The van der Waals surface area contributed by atoms with Crippen molar-refractivity contribution in [3.63, 3.8) is 0 Å². The number of nitrogens with one attached hydrogen (secondary N) is 6. The molecule has 2 aliphatic rings. The minimum Gasteiger partial charge on any atom is -0.347 e. The van der Waals surface area contributed by atoms with Gasteiger partial charge in [-0.05, 0) is 82.1 Å². The smallest absolute Gasteiger partial charge is 0.315 e. The Bertz CT molecular complexity index is 2020. The first-order valence-corrected chi connectivity index (χ1v) is 22.9. The van der Waals surface area contributed by atoms with Crippen molar-refractivity contribution in [2.45, 2.75) is 133 Å². The van der Waals surface area contributed by atoms with Crippen LogP contribution in [0.4, 0.5) is 4.79 Å². The van der Waals surface area contributed by atoms with Crippen LogP contribution in [0.2, 0.25) is 0 Å². The molecule has 18 heteroatoms. The van der Waals surface area contributed by atoms with Gasteiger partial charge in [-0.25, -0.2) is 17.9 Å². The molecule has 0 bridgehead atoms. The molecule has 4 unspecified atom stereocenters. The number of hydrogen-bond acceptors (Lipinski definition) is 9. The molecule has 5 atom stereocenters. The molecule has 1 saturated heterocycles. The first kappa shape index (κ1) is 49.3. The third-order valence-corrected chi connectivity index (χ3v) is 12.5. The second kappa shape index (κ2) is 22.1. The largest absolute Gasteiger partial charge is 0.347 e. The molecule has 340 valence electrons. The number of aryl methyl sites for hydroxylation is 1. The van der Waals surface area contributed by atoms with Gasteiger partial charge in [0.25, 0.3) is 5.91 Å². The maximum atomic E-state index is 14.7. The van der Waals surface area contributed by atoms with Gasteiger partial charge in [-0.3, -0.25) is 28.8 Å². The van der Waals surface area contributed by atoms with Gasteiger partial charge in [0.1, 0.15) is 18.1 Å². The van der Waals surface area contributed by atoms with Crippen LogP contribution in [0.1, 0.15) is 103 Å². The van der Waals surface area contributed by atoms with Gasteiger partial charge in [0, 0.05) is 32.2 Å². The number of likely N-dealkylation sites (N-methyl/N-ethyl adjacent to an activating group) is 1. The summed E-state index contributed by atoms with van der Waals surface area (Å²) in [5.74, 6) is -4.96. The number of urea groups is 1. The van der Waals surface area contributed by atoms with E-state index in [1.165, 1.54) is 36.0 Å². The van der Waals surface area contributed by atoms with E-state index in [2.05, 4.69) is 31.3 Å². The van der Waals surface area contributed by atoms with Crippen LogP contribution in [0.25, 0.3) is 0 Å². The van der Waals surface area contributed by atoms with Gasteiger partial charge in [0.2, 0.25) is 39.4 Å². The molecule has 0 aromatic heterocycles. The Kier molecular flexibility index (Phi) is 17.6. The standard InChI is InChI=1S/C44H64N8O9S/c1-8-16-33(38(54)40(56)45-26-35(53)47-36(41(57)51(6)7)29-17-12-10-13-18-29)46-39(55)34-25-31(50-62(60,61)32-23-21-28(9-2)22-24-32)27-52(34)42(58)37(30-19-14-11-15-20-30)48-43(59)49-44(3,4)5/h10,12-13,17-18,21-24,30-31,33-34,36-37,50H,8-9,11,14-16,19-20,25-27H2,1-7H3,(H,45,56)(H,46,55)(H,47,53)(H2,48,49,59)/t31?,33?,34?,36?,37-/m0/s1. The summed E-state index contributed by atoms with van der Waals surface area (Å²) >= 11 is 0. The van der Waals surface area contributed by atoms with Gasteiger partial charge in [-0.15, -0.1) is 0 Å². The Hall–Kier alpha value is -5.36. The Labute approximate surface area is 365 Å². The fourth-order valence-electron chi connectivity index (χ4n) is 7.79. The van der Waals surface area contributed by atoms with Crippen molar-refractivity contribution in [3.8, 4) is 0 Å². The van der Waals surface area contributed by atoms with E-state index in [9.17, 15) is 42.0 Å². The molecule has 4 rings (SSSR count). The second-order valence-electron chi connectivity index (χ2n) is 17.3. The lowest BCUT2D eigenvalue weighted by molar-refractivity contribution is -0.143. The maximum absolute atomic E-state index is 14.7. The molecule has 62 heavy (non-hydrogen) atoms. The molecule has 0 radical (unpaired) electrons. The molecule has 0 spiro atoms. The first-order valence-electron chi connectivity index (χ1n) is 21.4. The molecule has 6 N–H and O–H groups in total. The van der Waals surface area contributed by atoms with Gasteiger partial charge in [0.15, 0.2) is 0 Å². The zero-order valence-electron chi connectivity index (χ0n) is 36.9. The molecule has 2 aromatic carbocycles. The van der Waals surface area contributed by atoms with Crippen LogP contribution in [-0.4, -0.2) is 116 Å². The number of nitrogens with zero attached hydrogens (tertiary/aromatic N) is 2. The van der Waals surface area contributed by atoms with Crippen molar-refractivity contribution in [1.82, 2.24) is 41.1 Å². The van der Waals surface area contributed by atoms with Crippen LogP contribution in [0.3, 0.4) is 0 Å². The molecule has 2 fully saturated rings. The highest BCUT2D eigenvalue weighted by Gasteiger charge is 2.46. The van der Waals surface area contributed by atoms with Crippen molar-refractivity contribution < 1.29 is 42.0 Å². The highest BCUT2D eigenvalue weighted by atomic mass is 32.2. The van der Waals surface area contributed by atoms with Crippen LogP contribution >= 0.6 is 0 Å². The van der Waals surface area contributed by atoms with E-state index in [0.29, 0.717) is 31.2 Å². The van der Waals surface area contributed by atoms with Crippen LogP contribution in [0.5, 0.6) is 0 Å². The second-order valence-corrected chi connectivity index (χ2v) is 19.0. The summed E-state index contributed by atoms with van der Waals surface area (Å²) in [6, 6.07) is 8.68. The van der Waals surface area contributed by atoms with Gasteiger partial charge < -0.3 is 36.4 Å². The Morgan fingerprint density at radius 1 is 0.855 bits per heavy atom. The summed E-state index contributed by atoms with van der Waals surface area (Å²) in [6.07, 6.45) is 4.89. The zero-order valence-corrected chi connectivity index (χ0v) is 37.7. The predicted molar refractivity (Wildman–Crippen MR) is 233 cm³/mol. The number of hydrogen-bond donors (Lipinski definition) is 6. The average molecular weight is 881 g/mol. The molecule has 1 heterocycles. The van der Waals surface area contributed by atoms with Crippen LogP contribution < -0.4 is 31.3 Å². The molecule has 2 aromatic rings. The van der Waals surface area contributed by atoms with Gasteiger partial charge in [-0.2, -0.15) is 0 Å². The predicted octanol–water partition coefficient (Wildman–Crippen LogP) is 2.46. The number of benzene rings is 2. The van der Waals surface area contributed by atoms with E-state index in [1.807, 2.05) is 6.92 Å². The lowest BCUT2D eigenvalue weighted by Gasteiger charge is -2.35. The van der Waals surface area contributed by atoms with E-state index in [0.717, 1.165) is 24.8 Å². The number of carbonyl (C=O) groups excluding carboxylic acids is 7. The van der Waals surface area contributed by atoms with E-state index < -0.39 is 93.7 Å². The molecule has 1 aliphatic heterocycles. The van der Waals surface area contributed by atoms with Gasteiger partial charge >= 0.3 is 6.03 Å². The number of carbonyl (C=O) groups is 7. The third-order valence-electron chi connectivity index (χ3n) is 11.0. The van der Waals surface area contributed by atoms with E-state index in [-0.39, 0.29) is 30.2 Å². The summed E-state index contributed by atoms with van der Waals surface area (Å²) < 4.78 is 29.9. The number of ketones is 1. The summed E-state index contributed by atoms with van der Waals surface area (Å²) in [5.41, 5.74) is 0.837. The average Bonchev–Trinajstić information content (AvgIpc) is 3.66. The number of sulfonamides is 1. The topological polar surface area (TPSA) is 232 Å². The number of Topliss-reactive ketones (excluding diaryl/α,β-unsaturated/α-hetero) is 1. The van der Waals surface area contributed by atoms with Crippen LogP contribution in [0.15, 0.2) is 59.5 Å². The van der Waals surface area contributed by atoms with Crippen molar-refractivity contribution >= 4 is 51.4 Å². The summed E-state index contributed by atoms with van der Waals surface area (Å²) in [6.45, 7) is 8.24. The fraction of sp³-hybridized carbons (Fsp3) is 0.568. The van der Waals surface area contributed by atoms with Crippen molar-refractivity contribution in [3.05, 3.63) is 65.7 Å². The Morgan fingerprint density at radius 3 is 2.08 bits per heavy atom. The minimum atomic E-state index is -4.11. The first-order chi connectivity index (χ1) is 29.2. The number of likely N-dealkylation sites (tertiary alicyclic amines) is 1. The monoisotopic (exact) mass is 880 g/mol. The summed E-state index contributed by atoms with van der Waals surface area (Å²) in [4.78, 5) is 97.6. The van der Waals surface area contributed by atoms with Gasteiger partial charge in [0.05, 0.1) is 17.5 Å². The highest BCUT2D eigenvalue weighted by Crippen LogP contribution is 2.30. The fourth-order valence-corrected chi connectivity index (χ4v) is 9.03. The normalized spacial score (nSPS) is 18.4. The van der Waals surface area contributed by atoms with Crippen LogP contribution in [-0.2, 0) is 45.2 Å². The molecule has 17 nitrogen and oxygen atoms in total. The molecule has 7 amide bonds. The van der Waals surface area contributed by atoms with E-state index in [4.69, 9.17) is 0 Å². The Balaban J connectivity index is 1.56. The maximum Gasteiger partial charge on any atom is 0.315 e. The lowest BCUT2D eigenvalue weighted by Crippen LogP contribution is -2.60. The van der Waals surface area contributed by atoms with Crippen LogP contribution in [0, 0.1) is 5.92 Å². The molecular formula is C44H64N8O9S. The van der Waals surface area contributed by atoms with Crippen molar-refractivity contribution in [2.75, 3.05) is 27.2 Å². The van der Waals surface area contributed by atoms with Gasteiger partial charge in [-0.1, -0.05) is 82.0 Å². The quantitative estimate of drug-likeness (QED) is 0.121. The zero-order chi connectivity index (χ0) is 45.8.